The molecule has 1 aliphatic heterocycles. The first-order valence-electron chi connectivity index (χ1n) is 17.2. The minimum Gasteiger partial charge on any atom is -0.449 e. The SMILES string of the molecule is CCCCOC(=O)N1CCC[C@@H](CNC(=O)C[C@H](NS(=O)(=O)c2ccc3ccccc3c2)C(=O)N(CCNC(=O)c2cnccn2)C2CC2)C1. The quantitative estimate of drug-likeness (QED) is 0.189. The lowest BCUT2D eigenvalue weighted by atomic mass is 9.98. The van der Waals surface area contributed by atoms with Crippen LogP contribution in [-0.4, -0.2) is 103 Å². The summed E-state index contributed by atoms with van der Waals surface area (Å²) in [6, 6.07) is 10.5. The van der Waals surface area contributed by atoms with E-state index >= 15 is 0 Å². The monoisotopic (exact) mass is 707 g/mol. The van der Waals surface area contributed by atoms with Gasteiger partial charge in [-0.1, -0.05) is 43.7 Å². The number of aromatic nitrogens is 2. The Hall–Kier alpha value is -4.63. The molecule has 1 saturated heterocycles. The molecule has 5 rings (SSSR count). The van der Waals surface area contributed by atoms with Crippen molar-refractivity contribution < 1.29 is 32.3 Å². The van der Waals surface area contributed by atoms with Crippen molar-refractivity contribution in [3.05, 3.63) is 66.7 Å². The van der Waals surface area contributed by atoms with Crippen LogP contribution in [0.4, 0.5) is 4.79 Å². The fourth-order valence-electron chi connectivity index (χ4n) is 5.93. The normalized spacial score (nSPS) is 16.7. The molecule has 0 unspecified atom stereocenters. The van der Waals surface area contributed by atoms with Crippen LogP contribution in [-0.2, 0) is 24.3 Å². The summed E-state index contributed by atoms with van der Waals surface area (Å²) >= 11 is 0. The highest BCUT2D eigenvalue weighted by Crippen LogP contribution is 2.28. The number of carbonyl (C=O) groups excluding carboxylic acids is 4. The minimum atomic E-state index is -4.23. The van der Waals surface area contributed by atoms with Crippen molar-refractivity contribution in [1.29, 1.82) is 0 Å². The highest BCUT2D eigenvalue weighted by atomic mass is 32.2. The Morgan fingerprint density at radius 3 is 2.58 bits per heavy atom. The Bertz CT molecular complexity index is 1750. The van der Waals surface area contributed by atoms with Crippen LogP contribution < -0.4 is 15.4 Å². The van der Waals surface area contributed by atoms with E-state index in [0.717, 1.165) is 43.9 Å². The maximum absolute atomic E-state index is 14.1. The maximum atomic E-state index is 14.1. The van der Waals surface area contributed by atoms with Gasteiger partial charge in [-0.05, 0) is 60.9 Å². The van der Waals surface area contributed by atoms with Gasteiger partial charge in [0.15, 0.2) is 0 Å². The Balaban J connectivity index is 1.26. The third-order valence-corrected chi connectivity index (χ3v) is 10.3. The molecule has 1 aliphatic carbocycles. The zero-order valence-corrected chi connectivity index (χ0v) is 29.1. The smallest absolute Gasteiger partial charge is 0.409 e. The average molecular weight is 708 g/mol. The van der Waals surface area contributed by atoms with Crippen molar-refractivity contribution >= 4 is 44.6 Å². The summed E-state index contributed by atoms with van der Waals surface area (Å²) in [6.45, 7) is 3.85. The Labute approximate surface area is 292 Å². The van der Waals surface area contributed by atoms with Crippen LogP contribution in [0.1, 0.15) is 62.4 Å². The highest BCUT2D eigenvalue weighted by molar-refractivity contribution is 7.89. The van der Waals surface area contributed by atoms with Gasteiger partial charge >= 0.3 is 6.09 Å². The summed E-state index contributed by atoms with van der Waals surface area (Å²) < 4.78 is 35.3. The van der Waals surface area contributed by atoms with Crippen LogP contribution in [0.25, 0.3) is 10.8 Å². The molecule has 2 heterocycles. The zero-order valence-electron chi connectivity index (χ0n) is 28.3. The van der Waals surface area contributed by atoms with Gasteiger partial charge in [-0.2, -0.15) is 4.72 Å². The molecule has 268 valence electrons. The number of hydrogen-bond donors (Lipinski definition) is 3. The molecule has 2 fully saturated rings. The predicted molar refractivity (Wildman–Crippen MR) is 185 cm³/mol. The van der Waals surface area contributed by atoms with E-state index in [0.29, 0.717) is 25.1 Å². The standard InChI is InChI=1S/C35H45N7O7S/c1-2-3-19-49-35(46)41-17-6-7-25(24-41)22-39-32(43)21-30(40-50(47,48)29-13-10-26-8-4-5-9-27(26)20-29)34(45)42(28-11-12-28)18-16-38-33(44)31-23-36-14-15-37-31/h4-5,8-10,13-15,20,23,25,28,30,40H,2-3,6-7,11-12,16-19,21-22,24H2,1H3,(H,38,44)(H,39,43)/t25-,30-/m0/s1. The van der Waals surface area contributed by atoms with E-state index in [9.17, 15) is 27.6 Å². The van der Waals surface area contributed by atoms with Gasteiger partial charge in [-0.3, -0.25) is 19.4 Å². The molecule has 2 aliphatic rings. The lowest BCUT2D eigenvalue weighted by Gasteiger charge is -2.32. The van der Waals surface area contributed by atoms with Gasteiger partial charge in [-0.25, -0.2) is 18.2 Å². The second-order valence-electron chi connectivity index (χ2n) is 12.7. The van der Waals surface area contributed by atoms with Crippen molar-refractivity contribution in [3.8, 4) is 0 Å². The van der Waals surface area contributed by atoms with Crippen LogP contribution in [0.3, 0.4) is 0 Å². The van der Waals surface area contributed by atoms with Crippen molar-refractivity contribution in [2.45, 2.75) is 68.8 Å². The number of hydrogen-bond acceptors (Lipinski definition) is 9. The lowest BCUT2D eigenvalue weighted by molar-refractivity contribution is -0.136. The number of piperidine rings is 1. The summed E-state index contributed by atoms with van der Waals surface area (Å²) in [7, 11) is -4.23. The number of benzene rings is 2. The van der Waals surface area contributed by atoms with E-state index < -0.39 is 40.2 Å². The zero-order chi connectivity index (χ0) is 35.5. The lowest BCUT2D eigenvalue weighted by Crippen LogP contribution is -2.53. The molecule has 2 atom stereocenters. The van der Waals surface area contributed by atoms with Gasteiger partial charge in [-0.15, -0.1) is 0 Å². The van der Waals surface area contributed by atoms with Crippen LogP contribution in [0.5, 0.6) is 0 Å². The van der Waals surface area contributed by atoms with E-state index in [1.165, 1.54) is 35.6 Å². The number of sulfonamides is 1. The van der Waals surface area contributed by atoms with Crippen molar-refractivity contribution in [2.75, 3.05) is 39.3 Å². The van der Waals surface area contributed by atoms with Gasteiger partial charge in [0.25, 0.3) is 5.91 Å². The number of nitrogens with one attached hydrogen (secondary N) is 3. The van der Waals surface area contributed by atoms with Gasteiger partial charge in [0.2, 0.25) is 21.8 Å². The minimum absolute atomic E-state index is 0.0178. The molecule has 1 aromatic heterocycles. The molecule has 14 nitrogen and oxygen atoms in total. The number of amides is 4. The van der Waals surface area contributed by atoms with E-state index in [2.05, 4.69) is 25.3 Å². The molecule has 0 spiro atoms. The third kappa shape index (κ3) is 10.2. The Morgan fingerprint density at radius 2 is 1.84 bits per heavy atom. The molecular weight excluding hydrogens is 662 g/mol. The van der Waals surface area contributed by atoms with Crippen molar-refractivity contribution in [1.82, 2.24) is 35.1 Å². The van der Waals surface area contributed by atoms with Crippen LogP contribution in [0.15, 0.2) is 66.0 Å². The molecule has 0 bridgehead atoms. The summed E-state index contributed by atoms with van der Waals surface area (Å²) in [5, 5.41) is 7.17. The van der Waals surface area contributed by atoms with E-state index in [-0.39, 0.29) is 48.3 Å². The predicted octanol–water partition coefficient (Wildman–Crippen LogP) is 2.85. The van der Waals surface area contributed by atoms with Gasteiger partial charge in [0, 0.05) is 51.2 Å². The first-order chi connectivity index (χ1) is 24.1. The summed E-state index contributed by atoms with van der Waals surface area (Å²) in [5.74, 6) is -1.53. The van der Waals surface area contributed by atoms with Gasteiger partial charge in [0.1, 0.15) is 11.7 Å². The summed E-state index contributed by atoms with van der Waals surface area (Å²) in [5.41, 5.74) is 0.129. The molecule has 50 heavy (non-hydrogen) atoms. The van der Waals surface area contributed by atoms with Crippen LogP contribution in [0, 0.1) is 5.92 Å². The first-order valence-corrected chi connectivity index (χ1v) is 18.7. The van der Waals surface area contributed by atoms with Gasteiger partial charge < -0.3 is 25.2 Å². The fourth-order valence-corrected chi connectivity index (χ4v) is 7.16. The maximum Gasteiger partial charge on any atom is 0.409 e. The summed E-state index contributed by atoms with van der Waals surface area (Å²) in [6.07, 6.45) is 8.10. The number of ether oxygens (including phenoxy) is 1. The van der Waals surface area contributed by atoms with Crippen LogP contribution in [0.2, 0.25) is 0 Å². The first kappa shape index (κ1) is 36.6. The molecular formula is C35H45N7O7S. The third-order valence-electron chi connectivity index (χ3n) is 8.81. The second-order valence-corrected chi connectivity index (χ2v) is 14.4. The number of nitrogens with zero attached hydrogens (tertiary/aromatic N) is 4. The number of rotatable bonds is 16. The average Bonchev–Trinajstić information content (AvgIpc) is 3.98. The van der Waals surface area contributed by atoms with E-state index in [4.69, 9.17) is 4.74 Å². The topological polar surface area (TPSA) is 180 Å². The number of unbranched alkanes of at least 4 members (excludes halogenated alkanes) is 1. The number of carbonyl (C=O) groups is 4. The van der Waals surface area contributed by atoms with Crippen LogP contribution >= 0.6 is 0 Å². The largest absolute Gasteiger partial charge is 0.449 e. The fraction of sp³-hybridized carbons (Fsp3) is 0.486. The number of fused-ring (bicyclic) bond motifs is 1. The van der Waals surface area contributed by atoms with Crippen molar-refractivity contribution in [2.24, 2.45) is 5.92 Å². The molecule has 4 amide bonds. The molecule has 0 radical (unpaired) electrons. The highest BCUT2D eigenvalue weighted by Gasteiger charge is 2.38. The molecule has 1 saturated carbocycles. The second kappa shape index (κ2) is 17.3. The molecule has 3 N–H and O–H groups in total. The van der Waals surface area contributed by atoms with E-state index in [1.54, 1.807) is 23.1 Å². The summed E-state index contributed by atoms with van der Waals surface area (Å²) in [4.78, 5) is 63.5. The van der Waals surface area contributed by atoms with Crippen molar-refractivity contribution in [3.63, 3.8) is 0 Å². The van der Waals surface area contributed by atoms with E-state index in [1.807, 2.05) is 19.1 Å². The van der Waals surface area contributed by atoms with Gasteiger partial charge in [0.05, 0.1) is 24.1 Å². The molecule has 3 aromatic rings. The Morgan fingerprint density at radius 1 is 1.04 bits per heavy atom. The number of likely N-dealkylation sites (tertiary alicyclic amines) is 1. The molecule has 2 aromatic carbocycles. The Kier molecular flexibility index (Phi) is 12.7. The molecule has 15 heteroatoms.